The van der Waals surface area contributed by atoms with Gasteiger partial charge in [-0.05, 0) is 18.2 Å². The second-order valence-corrected chi connectivity index (χ2v) is 6.03. The normalized spacial score (nSPS) is 11.5. The number of nitrogens with one attached hydrogen (secondary N) is 1. The van der Waals surface area contributed by atoms with Crippen LogP contribution in [0.15, 0.2) is 35.5 Å². The van der Waals surface area contributed by atoms with Gasteiger partial charge in [0, 0.05) is 25.4 Å². The number of hydrogen-bond acceptors (Lipinski definition) is 4. The monoisotopic (exact) mass is 300 g/mol. The summed E-state index contributed by atoms with van der Waals surface area (Å²) in [5.41, 5.74) is 1.47. The van der Waals surface area contributed by atoms with Gasteiger partial charge in [0.25, 0.3) is 0 Å². The Kier molecular flexibility index (Phi) is 3.79. The number of nitrogens with zero attached hydrogens (tertiary/aromatic N) is 2. The van der Waals surface area contributed by atoms with Crippen molar-refractivity contribution in [3.63, 3.8) is 0 Å². The average molecular weight is 301 g/mol. The molecule has 0 saturated carbocycles. The minimum Gasteiger partial charge on any atom is -0.380 e. The van der Waals surface area contributed by atoms with E-state index in [0.717, 1.165) is 5.56 Å². The van der Waals surface area contributed by atoms with Gasteiger partial charge in [0.15, 0.2) is 0 Å². The summed E-state index contributed by atoms with van der Waals surface area (Å²) in [5, 5.41) is 12.6. The molecule has 102 valence electrons. The molecule has 2 aromatic rings. The summed E-state index contributed by atoms with van der Waals surface area (Å²) >= 11 is 6.00. The molecule has 6 nitrogen and oxygen atoms in total. The maximum absolute atomic E-state index is 11.3. The Morgan fingerprint density at radius 2 is 2.21 bits per heavy atom. The lowest BCUT2D eigenvalue weighted by Gasteiger charge is -2.08. The van der Waals surface area contributed by atoms with Crippen LogP contribution < -0.4 is 10.5 Å². The number of benzene rings is 1. The predicted octanol–water partition coefficient (Wildman–Crippen LogP) is 1.33. The molecule has 2 rings (SSSR count). The molecule has 0 spiro atoms. The molecule has 0 amide bonds. The number of primary sulfonamides is 1. The quantitative estimate of drug-likeness (QED) is 0.891. The topological polar surface area (TPSA) is 90.0 Å². The molecule has 0 saturated heterocycles. The molecule has 0 unspecified atom stereocenters. The van der Waals surface area contributed by atoms with E-state index in [2.05, 4.69) is 10.4 Å². The smallest absolute Gasteiger partial charge is 0.238 e. The second-order valence-electron chi connectivity index (χ2n) is 4.06. The number of aryl methyl sites for hydroxylation is 1. The summed E-state index contributed by atoms with van der Waals surface area (Å²) in [6, 6.07) is 4.27. The molecular formula is C11H13ClN4O2S. The molecule has 0 aliphatic heterocycles. The summed E-state index contributed by atoms with van der Waals surface area (Å²) in [5.74, 6) is 0. The maximum atomic E-state index is 11.3. The van der Waals surface area contributed by atoms with Crippen molar-refractivity contribution < 1.29 is 8.42 Å². The zero-order chi connectivity index (χ0) is 14.0. The highest BCUT2D eigenvalue weighted by atomic mass is 35.5. The van der Waals surface area contributed by atoms with Gasteiger partial charge in [0.2, 0.25) is 10.0 Å². The van der Waals surface area contributed by atoms with Crippen LogP contribution in [-0.2, 0) is 23.6 Å². The number of hydrogen-bond donors (Lipinski definition) is 2. The van der Waals surface area contributed by atoms with Crippen LogP contribution in [0.25, 0.3) is 0 Å². The van der Waals surface area contributed by atoms with Crippen molar-refractivity contribution in [2.75, 3.05) is 5.32 Å². The van der Waals surface area contributed by atoms with Gasteiger partial charge >= 0.3 is 0 Å². The van der Waals surface area contributed by atoms with Crippen LogP contribution in [0.3, 0.4) is 0 Å². The lowest BCUT2D eigenvalue weighted by atomic mass is 10.3. The molecule has 0 radical (unpaired) electrons. The van der Waals surface area contributed by atoms with Gasteiger partial charge in [-0.2, -0.15) is 5.10 Å². The van der Waals surface area contributed by atoms with Crippen molar-refractivity contribution in [2.45, 2.75) is 11.4 Å². The third kappa shape index (κ3) is 3.46. The van der Waals surface area contributed by atoms with Gasteiger partial charge in [-0.25, -0.2) is 13.6 Å². The Balaban J connectivity index is 2.20. The number of rotatable bonds is 4. The molecule has 0 fully saturated rings. The maximum Gasteiger partial charge on any atom is 0.238 e. The molecule has 19 heavy (non-hydrogen) atoms. The van der Waals surface area contributed by atoms with Crippen LogP contribution in [0.1, 0.15) is 5.56 Å². The summed E-state index contributed by atoms with van der Waals surface area (Å²) < 4.78 is 24.2. The van der Waals surface area contributed by atoms with E-state index in [9.17, 15) is 8.42 Å². The molecule has 0 atom stereocenters. The molecule has 1 heterocycles. The first kappa shape index (κ1) is 13.9. The number of aromatic nitrogens is 2. The third-order valence-electron chi connectivity index (χ3n) is 2.51. The fourth-order valence-electron chi connectivity index (χ4n) is 1.58. The first-order chi connectivity index (χ1) is 8.86. The molecule has 0 bridgehead atoms. The van der Waals surface area contributed by atoms with Crippen molar-refractivity contribution in [3.8, 4) is 0 Å². The molecular weight excluding hydrogens is 288 g/mol. The predicted molar refractivity (Wildman–Crippen MR) is 73.4 cm³/mol. The fourth-order valence-corrected chi connectivity index (χ4v) is 2.30. The number of anilines is 1. The molecule has 1 aromatic carbocycles. The van der Waals surface area contributed by atoms with Crippen molar-refractivity contribution in [1.29, 1.82) is 0 Å². The van der Waals surface area contributed by atoms with Gasteiger partial charge in [-0.15, -0.1) is 0 Å². The van der Waals surface area contributed by atoms with Gasteiger partial charge in [-0.1, -0.05) is 11.6 Å². The van der Waals surface area contributed by atoms with E-state index in [1.165, 1.54) is 18.2 Å². The van der Waals surface area contributed by atoms with Gasteiger partial charge in [0.05, 0.1) is 21.8 Å². The van der Waals surface area contributed by atoms with Gasteiger partial charge in [0.1, 0.15) is 0 Å². The second kappa shape index (κ2) is 5.20. The largest absolute Gasteiger partial charge is 0.380 e. The Morgan fingerprint density at radius 3 is 2.79 bits per heavy atom. The molecule has 3 N–H and O–H groups in total. The lowest BCUT2D eigenvalue weighted by molar-refractivity contribution is 0.598. The van der Waals surface area contributed by atoms with Crippen molar-refractivity contribution in [3.05, 3.63) is 41.2 Å². The number of halogens is 1. The van der Waals surface area contributed by atoms with E-state index in [1.807, 2.05) is 13.2 Å². The van der Waals surface area contributed by atoms with Crippen molar-refractivity contribution in [1.82, 2.24) is 9.78 Å². The zero-order valence-electron chi connectivity index (χ0n) is 10.2. The minimum atomic E-state index is -3.74. The first-order valence-corrected chi connectivity index (χ1v) is 7.32. The minimum absolute atomic E-state index is 0.0191. The first-order valence-electron chi connectivity index (χ1n) is 5.40. The van der Waals surface area contributed by atoms with Crippen LogP contribution >= 0.6 is 11.6 Å². The fraction of sp³-hybridized carbons (Fsp3) is 0.182. The summed E-state index contributed by atoms with van der Waals surface area (Å²) in [6.07, 6.45) is 3.56. The number of nitrogens with two attached hydrogens (primary N) is 1. The number of sulfonamides is 1. The van der Waals surface area contributed by atoms with Crippen LogP contribution in [-0.4, -0.2) is 18.2 Å². The molecule has 8 heteroatoms. The molecule has 0 aliphatic carbocycles. The molecule has 1 aromatic heterocycles. The van der Waals surface area contributed by atoms with E-state index in [-0.39, 0.29) is 4.90 Å². The van der Waals surface area contributed by atoms with E-state index in [1.54, 1.807) is 10.9 Å². The summed E-state index contributed by atoms with van der Waals surface area (Å²) in [7, 11) is -1.92. The SMILES string of the molecule is Cn1cc(CNc2cc(S(N)(=O)=O)ccc2Cl)cn1. The van der Waals surface area contributed by atoms with Crippen molar-refractivity contribution in [2.24, 2.45) is 12.2 Å². The Hall–Kier alpha value is -1.57. The van der Waals surface area contributed by atoms with Gasteiger partial charge in [-0.3, -0.25) is 4.68 Å². The van der Waals surface area contributed by atoms with Crippen LogP contribution in [0.4, 0.5) is 5.69 Å². The van der Waals surface area contributed by atoms with Crippen LogP contribution in [0.2, 0.25) is 5.02 Å². The van der Waals surface area contributed by atoms with E-state index >= 15 is 0 Å². The summed E-state index contributed by atoms with van der Waals surface area (Å²) in [4.78, 5) is 0.0191. The van der Waals surface area contributed by atoms with E-state index < -0.39 is 10.0 Å². The standard InChI is InChI=1S/C11H13ClN4O2S/c1-16-7-8(6-15-16)5-14-11-4-9(19(13,17)18)2-3-10(11)12/h2-4,6-7,14H,5H2,1H3,(H2,13,17,18). The van der Waals surface area contributed by atoms with Crippen LogP contribution in [0.5, 0.6) is 0 Å². The van der Waals surface area contributed by atoms with E-state index in [4.69, 9.17) is 16.7 Å². The highest BCUT2D eigenvalue weighted by Crippen LogP contribution is 2.25. The zero-order valence-corrected chi connectivity index (χ0v) is 11.7. The highest BCUT2D eigenvalue weighted by Gasteiger charge is 2.10. The Bertz CT molecular complexity index is 696. The Labute approximate surface area is 116 Å². The lowest BCUT2D eigenvalue weighted by Crippen LogP contribution is -2.12. The van der Waals surface area contributed by atoms with Crippen LogP contribution in [0, 0.1) is 0 Å². The third-order valence-corrected chi connectivity index (χ3v) is 3.75. The van der Waals surface area contributed by atoms with Gasteiger partial charge < -0.3 is 5.32 Å². The van der Waals surface area contributed by atoms with Crippen molar-refractivity contribution >= 4 is 27.3 Å². The average Bonchev–Trinajstić information content (AvgIpc) is 2.72. The Morgan fingerprint density at radius 1 is 1.47 bits per heavy atom. The highest BCUT2D eigenvalue weighted by molar-refractivity contribution is 7.89. The van der Waals surface area contributed by atoms with E-state index in [0.29, 0.717) is 17.3 Å². The molecule has 0 aliphatic rings. The summed E-state index contributed by atoms with van der Waals surface area (Å²) in [6.45, 7) is 0.488.